The van der Waals surface area contributed by atoms with E-state index in [2.05, 4.69) is 15.2 Å². The van der Waals surface area contributed by atoms with E-state index in [9.17, 15) is 0 Å². The Kier molecular flexibility index (Phi) is 4.43. The van der Waals surface area contributed by atoms with Crippen molar-refractivity contribution < 1.29 is 9.25 Å². The van der Waals surface area contributed by atoms with Crippen LogP contribution >= 0.6 is 11.6 Å². The van der Waals surface area contributed by atoms with Crippen molar-refractivity contribution in [1.82, 2.24) is 14.8 Å². The van der Waals surface area contributed by atoms with Crippen molar-refractivity contribution in [1.29, 1.82) is 0 Å². The van der Waals surface area contributed by atoms with E-state index < -0.39 is 0 Å². The summed E-state index contributed by atoms with van der Waals surface area (Å²) >= 11 is 6.12. The quantitative estimate of drug-likeness (QED) is 0.529. The van der Waals surface area contributed by atoms with Gasteiger partial charge in [-0.1, -0.05) is 28.9 Å². The SMILES string of the molecule is C/C(=N/OCc1coc(-c2ccccc2Cl)n1)c1cnn(C)c1. The molecule has 6 nitrogen and oxygen atoms in total. The molecule has 0 aliphatic heterocycles. The molecular weight excluding hydrogens is 316 g/mol. The topological polar surface area (TPSA) is 65.4 Å². The summed E-state index contributed by atoms with van der Waals surface area (Å²) in [4.78, 5) is 9.67. The molecule has 23 heavy (non-hydrogen) atoms. The summed E-state index contributed by atoms with van der Waals surface area (Å²) in [7, 11) is 1.85. The summed E-state index contributed by atoms with van der Waals surface area (Å²) in [5.74, 6) is 0.460. The summed E-state index contributed by atoms with van der Waals surface area (Å²) in [6.45, 7) is 2.07. The molecule has 0 aliphatic rings. The Labute approximate surface area is 138 Å². The minimum Gasteiger partial charge on any atom is -0.444 e. The molecule has 0 spiro atoms. The average Bonchev–Trinajstić information content (AvgIpc) is 3.17. The van der Waals surface area contributed by atoms with Crippen LogP contribution in [0.5, 0.6) is 0 Å². The number of hydrogen-bond donors (Lipinski definition) is 0. The van der Waals surface area contributed by atoms with E-state index in [1.807, 2.05) is 38.4 Å². The number of halogens is 1. The summed E-state index contributed by atoms with van der Waals surface area (Å²) < 4.78 is 7.15. The van der Waals surface area contributed by atoms with Crippen LogP contribution in [0.2, 0.25) is 5.02 Å². The van der Waals surface area contributed by atoms with Crippen LogP contribution in [0, 0.1) is 0 Å². The average molecular weight is 331 g/mol. The molecule has 0 N–H and O–H groups in total. The molecule has 0 fully saturated rings. The minimum absolute atomic E-state index is 0.214. The summed E-state index contributed by atoms with van der Waals surface area (Å²) in [6.07, 6.45) is 5.13. The zero-order valence-electron chi connectivity index (χ0n) is 12.7. The lowest BCUT2D eigenvalue weighted by Gasteiger charge is -1.98. The highest BCUT2D eigenvalue weighted by Crippen LogP contribution is 2.26. The summed E-state index contributed by atoms with van der Waals surface area (Å²) in [5.41, 5.74) is 3.04. The van der Waals surface area contributed by atoms with Gasteiger partial charge in [0.15, 0.2) is 6.61 Å². The number of rotatable bonds is 5. The molecule has 3 aromatic rings. The van der Waals surface area contributed by atoms with Gasteiger partial charge in [-0.15, -0.1) is 0 Å². The van der Waals surface area contributed by atoms with E-state index >= 15 is 0 Å². The maximum absolute atomic E-state index is 6.12. The number of benzene rings is 1. The maximum atomic E-state index is 6.12. The second-order valence-corrected chi connectivity index (χ2v) is 5.38. The van der Waals surface area contributed by atoms with Crippen LogP contribution in [-0.4, -0.2) is 20.5 Å². The molecule has 0 radical (unpaired) electrons. The zero-order valence-corrected chi connectivity index (χ0v) is 13.5. The summed E-state index contributed by atoms with van der Waals surface area (Å²) in [5, 5.41) is 8.74. The number of nitrogens with zero attached hydrogens (tertiary/aromatic N) is 4. The highest BCUT2D eigenvalue weighted by Gasteiger charge is 2.10. The second kappa shape index (κ2) is 6.66. The van der Waals surface area contributed by atoms with Crippen LogP contribution in [-0.2, 0) is 18.5 Å². The van der Waals surface area contributed by atoms with Gasteiger partial charge in [-0.2, -0.15) is 5.10 Å². The van der Waals surface area contributed by atoms with Crippen LogP contribution in [0.15, 0.2) is 52.5 Å². The Bertz CT molecular complexity index is 838. The Morgan fingerprint density at radius 1 is 1.39 bits per heavy atom. The van der Waals surface area contributed by atoms with E-state index in [1.54, 1.807) is 16.9 Å². The van der Waals surface area contributed by atoms with E-state index in [1.165, 1.54) is 6.26 Å². The van der Waals surface area contributed by atoms with Crippen molar-refractivity contribution >= 4 is 17.3 Å². The molecule has 0 atom stereocenters. The molecule has 0 saturated heterocycles. The maximum Gasteiger partial charge on any atom is 0.227 e. The smallest absolute Gasteiger partial charge is 0.227 e. The van der Waals surface area contributed by atoms with Crippen molar-refractivity contribution in [2.24, 2.45) is 12.2 Å². The second-order valence-electron chi connectivity index (χ2n) is 4.98. The predicted molar refractivity (Wildman–Crippen MR) is 87.2 cm³/mol. The van der Waals surface area contributed by atoms with E-state index in [0.717, 1.165) is 16.8 Å². The van der Waals surface area contributed by atoms with Gasteiger partial charge in [0, 0.05) is 18.8 Å². The first-order valence-corrected chi connectivity index (χ1v) is 7.36. The van der Waals surface area contributed by atoms with E-state index in [4.69, 9.17) is 20.9 Å². The van der Waals surface area contributed by atoms with Gasteiger partial charge in [0.05, 0.1) is 22.5 Å². The Hall–Kier alpha value is -2.60. The largest absolute Gasteiger partial charge is 0.444 e. The molecule has 2 aromatic heterocycles. The zero-order chi connectivity index (χ0) is 16.2. The molecule has 1 aromatic carbocycles. The lowest BCUT2D eigenvalue weighted by Crippen LogP contribution is -1.96. The highest BCUT2D eigenvalue weighted by atomic mass is 35.5. The van der Waals surface area contributed by atoms with Crippen molar-refractivity contribution in [3.05, 3.63) is 59.2 Å². The number of oxazole rings is 1. The standard InChI is InChI=1S/C16H15ClN4O2/c1-11(12-7-18-21(2)8-12)20-23-10-13-9-22-16(19-13)14-5-3-4-6-15(14)17/h3-9H,10H2,1-2H3/b20-11-. The molecule has 0 unspecified atom stereocenters. The third-order valence-corrected chi connectivity index (χ3v) is 3.52. The normalized spacial score (nSPS) is 11.7. The van der Waals surface area contributed by atoms with Gasteiger partial charge in [-0.05, 0) is 19.1 Å². The van der Waals surface area contributed by atoms with Crippen molar-refractivity contribution in [3.63, 3.8) is 0 Å². The number of oxime groups is 1. The number of hydrogen-bond acceptors (Lipinski definition) is 5. The van der Waals surface area contributed by atoms with Gasteiger partial charge in [0.1, 0.15) is 12.0 Å². The third-order valence-electron chi connectivity index (χ3n) is 3.19. The Balaban J connectivity index is 1.65. The van der Waals surface area contributed by atoms with E-state index in [0.29, 0.717) is 16.6 Å². The van der Waals surface area contributed by atoms with Gasteiger partial charge in [-0.25, -0.2) is 4.98 Å². The molecule has 2 heterocycles. The fraction of sp³-hybridized carbons (Fsp3) is 0.188. The Morgan fingerprint density at radius 2 is 2.22 bits per heavy atom. The lowest BCUT2D eigenvalue weighted by atomic mass is 10.2. The van der Waals surface area contributed by atoms with Crippen molar-refractivity contribution in [2.75, 3.05) is 0 Å². The number of aryl methyl sites for hydroxylation is 1. The van der Waals surface area contributed by atoms with Crippen molar-refractivity contribution in [2.45, 2.75) is 13.5 Å². The van der Waals surface area contributed by atoms with Gasteiger partial charge in [0.25, 0.3) is 0 Å². The third kappa shape index (κ3) is 3.60. The van der Waals surface area contributed by atoms with Crippen LogP contribution in [0.1, 0.15) is 18.2 Å². The van der Waals surface area contributed by atoms with Crippen LogP contribution in [0.25, 0.3) is 11.5 Å². The van der Waals surface area contributed by atoms with Crippen LogP contribution in [0.3, 0.4) is 0 Å². The molecule has 0 aliphatic carbocycles. The van der Waals surface area contributed by atoms with Gasteiger partial charge in [-0.3, -0.25) is 4.68 Å². The molecule has 7 heteroatoms. The number of aromatic nitrogens is 3. The molecule has 0 amide bonds. The molecule has 0 bridgehead atoms. The Morgan fingerprint density at radius 3 is 2.96 bits per heavy atom. The summed E-state index contributed by atoms with van der Waals surface area (Å²) in [6, 6.07) is 7.38. The first-order chi connectivity index (χ1) is 11.1. The van der Waals surface area contributed by atoms with Gasteiger partial charge in [0.2, 0.25) is 5.89 Å². The van der Waals surface area contributed by atoms with Gasteiger partial charge < -0.3 is 9.25 Å². The molecule has 3 rings (SSSR count). The minimum atomic E-state index is 0.214. The highest BCUT2D eigenvalue weighted by molar-refractivity contribution is 6.33. The predicted octanol–water partition coefficient (Wildman–Crippen LogP) is 3.67. The first-order valence-electron chi connectivity index (χ1n) is 6.98. The lowest BCUT2D eigenvalue weighted by molar-refractivity contribution is 0.127. The fourth-order valence-corrected chi connectivity index (χ4v) is 2.20. The first kappa shape index (κ1) is 15.3. The molecule has 0 saturated carbocycles. The fourth-order valence-electron chi connectivity index (χ4n) is 1.99. The monoisotopic (exact) mass is 330 g/mol. The molecule has 118 valence electrons. The van der Waals surface area contributed by atoms with Gasteiger partial charge >= 0.3 is 0 Å². The van der Waals surface area contributed by atoms with Crippen molar-refractivity contribution in [3.8, 4) is 11.5 Å². The van der Waals surface area contributed by atoms with Crippen LogP contribution in [0.4, 0.5) is 0 Å². The van der Waals surface area contributed by atoms with Crippen LogP contribution < -0.4 is 0 Å². The van der Waals surface area contributed by atoms with E-state index in [-0.39, 0.29) is 6.61 Å². The molecular formula is C16H15ClN4O2.